The molecule has 2 aromatic carbocycles. The monoisotopic (exact) mass is 2020 g/mol. The molecule has 0 bridgehead atoms. The van der Waals surface area contributed by atoms with Crippen molar-refractivity contribution in [3.63, 3.8) is 0 Å². The lowest BCUT2D eigenvalue weighted by atomic mass is 9.93. The van der Waals surface area contributed by atoms with Gasteiger partial charge in [0.15, 0.2) is 16.0 Å². The van der Waals surface area contributed by atoms with Gasteiger partial charge in [0.05, 0.1) is 94.2 Å². The van der Waals surface area contributed by atoms with Gasteiger partial charge in [-0.2, -0.15) is 52.0 Å². The van der Waals surface area contributed by atoms with Crippen molar-refractivity contribution in [2.45, 2.75) is 404 Å². The van der Waals surface area contributed by atoms with Gasteiger partial charge in [0.2, 0.25) is 5.71 Å². The fraction of sp³-hybridized carbons (Fsp3) is 0.564. The Bertz CT molecular complexity index is 6040. The first-order valence-electron chi connectivity index (χ1n) is 54.7. The van der Waals surface area contributed by atoms with Crippen LogP contribution in [0.3, 0.4) is 0 Å². The van der Waals surface area contributed by atoms with E-state index in [1.54, 1.807) is 0 Å². The van der Waals surface area contributed by atoms with Gasteiger partial charge in [-0.25, -0.2) is 33.3 Å². The second kappa shape index (κ2) is 53.6. The second-order valence-electron chi connectivity index (χ2n) is 43.8. The minimum atomic E-state index is -2.88. The van der Waals surface area contributed by atoms with Gasteiger partial charge in [0.1, 0.15) is 17.3 Å². The number of H-pyrrole nitrogens is 5. The number of sulfone groups is 1. The fourth-order valence-corrected chi connectivity index (χ4v) is 22.4. The summed E-state index contributed by atoms with van der Waals surface area (Å²) < 4.78 is 43.9. The molecular weight excluding hydrogens is 1850 g/mol. The molecule has 27 nitrogen and oxygen atoms in total. The van der Waals surface area contributed by atoms with Crippen molar-refractivity contribution in [2.24, 2.45) is 10.9 Å². The third kappa shape index (κ3) is 29.7. The van der Waals surface area contributed by atoms with Gasteiger partial charge in [-0.05, 0) is 223 Å². The molecule has 1 aliphatic carbocycles. The predicted octanol–water partition coefficient (Wildman–Crippen LogP) is 26.1. The largest absolute Gasteiger partial charge is 0.376 e. The number of aliphatic imine (C=N–C) groups is 1. The number of thioether (sulfide) groups is 1. The number of hydrogen-bond acceptors (Lipinski definition) is 16. The van der Waals surface area contributed by atoms with Crippen LogP contribution in [0, 0.1) is 5.92 Å². The Labute approximate surface area is 874 Å². The van der Waals surface area contributed by atoms with Crippen LogP contribution >= 0.6 is 11.8 Å². The van der Waals surface area contributed by atoms with Crippen molar-refractivity contribution in [2.75, 3.05) is 18.1 Å². The Morgan fingerprint density at radius 1 is 0.479 bits per heavy atom. The molecule has 788 valence electrons. The molecule has 10 aliphatic rings. The van der Waals surface area contributed by atoms with Crippen molar-refractivity contribution in [3.8, 4) is 0 Å². The summed E-state index contributed by atoms with van der Waals surface area (Å²) in [7, 11) is -2.88. The van der Waals surface area contributed by atoms with Gasteiger partial charge >= 0.3 is 0 Å². The van der Waals surface area contributed by atoms with Gasteiger partial charge in [0.25, 0.3) is 6.17 Å². The summed E-state index contributed by atoms with van der Waals surface area (Å²) in [6.45, 7) is 58.5. The molecule has 1 unspecified atom stereocenters. The minimum absolute atomic E-state index is 0.159. The Morgan fingerprint density at radius 3 is 1.74 bits per heavy atom. The van der Waals surface area contributed by atoms with Crippen LogP contribution in [0.5, 0.6) is 0 Å². The summed E-state index contributed by atoms with van der Waals surface area (Å²) in [4.78, 5) is 22.0. The number of para-hydroxylation sites is 3. The Hall–Kier alpha value is -11.2. The summed E-state index contributed by atoms with van der Waals surface area (Å²) in [6, 6.07) is 25.2. The zero-order chi connectivity index (χ0) is 104. The van der Waals surface area contributed by atoms with Crippen LogP contribution in [0.1, 0.15) is 420 Å². The van der Waals surface area contributed by atoms with Crippen LogP contribution in [-0.2, 0) is 117 Å². The highest BCUT2D eigenvalue weighted by Gasteiger charge is 2.31. The number of hydrogen-bond donors (Lipinski definition) is 5. The average molecular weight is 2030 g/mol. The Kier molecular flexibility index (Phi) is 41.1. The number of imidazole rings is 4. The molecule has 9 aliphatic heterocycles. The van der Waals surface area contributed by atoms with E-state index in [4.69, 9.17) is 4.74 Å². The van der Waals surface area contributed by atoms with Gasteiger partial charge in [-0.15, -0.1) is 0 Å². The summed E-state index contributed by atoms with van der Waals surface area (Å²) in [5.74, 6) is 11.3. The lowest BCUT2D eigenvalue weighted by Gasteiger charge is -2.17. The van der Waals surface area contributed by atoms with Crippen molar-refractivity contribution in [1.82, 2.24) is 109 Å². The first-order valence-corrected chi connectivity index (χ1v) is 57.7. The molecule has 12 aromatic heterocycles. The number of aromatic amines is 5. The second-order valence-corrected chi connectivity index (χ2v) is 47.1. The van der Waals surface area contributed by atoms with Crippen LogP contribution in [-0.4, -0.2) is 158 Å². The van der Waals surface area contributed by atoms with E-state index in [-0.39, 0.29) is 23.6 Å². The summed E-state index contributed by atoms with van der Waals surface area (Å²) in [5, 5.41) is 47.0. The highest BCUT2D eigenvalue weighted by molar-refractivity contribution is 7.98. The fourth-order valence-electron chi connectivity index (χ4n) is 20.0. The van der Waals surface area contributed by atoms with E-state index < -0.39 is 9.84 Å². The van der Waals surface area contributed by atoms with E-state index in [0.717, 1.165) is 72.1 Å². The molecule has 0 fully saturated rings. The molecule has 29 heteroatoms. The van der Waals surface area contributed by atoms with Gasteiger partial charge in [-0.3, -0.25) is 34.9 Å². The normalized spacial score (nSPS) is 16.3. The molecule has 0 radical (unpaired) electrons. The number of ether oxygens (including phenoxy) is 1. The van der Waals surface area contributed by atoms with Crippen LogP contribution < -0.4 is 0 Å². The number of pyridine rings is 1. The third-order valence-corrected chi connectivity index (χ3v) is 30.9. The number of aromatic nitrogens is 22. The molecule has 146 heavy (non-hydrogen) atoms. The SMILES string of the molecule is CC(C)C1=[N+]2C=CC=CC2N=C1.CC(C)c1[nH]nc2ccccc12.CC(C)c1cc2n(n1)CCCC2.CC(C)c1cn2c(n1)CCCC2.CC(C)c1cnc2ccccn12.CC(C)c1cnc2n1CCCC2.CC(C)c1cnn2c1CCCC2.CC(C)c1n[nH]c2c1CCCC2.CC(C)c1n[nH]c2c1COCC2.CC(C)c1n[nH]c2c1CS(=O)(=O)CC2.CC(C)c1n[nH]c2c1CSCC2.CC(C)n1cnc2ccccc21. The molecule has 0 saturated carbocycles. The smallest absolute Gasteiger partial charge is 0.270 e. The first-order chi connectivity index (χ1) is 70.1. The molecular formula is C117H171N24O3S2+. The van der Waals surface area contributed by atoms with Crippen LogP contribution in [0.15, 0.2) is 140 Å². The lowest BCUT2D eigenvalue weighted by molar-refractivity contribution is -0.482. The maximum Gasteiger partial charge on any atom is 0.270 e. The summed E-state index contributed by atoms with van der Waals surface area (Å²) in [5.41, 5.74) is 31.3. The molecule has 24 rings (SSSR count). The number of aryl methyl sites for hydroxylation is 9. The topological polar surface area (TPSA) is 309 Å². The van der Waals surface area contributed by atoms with E-state index in [1.165, 1.54) is 253 Å². The van der Waals surface area contributed by atoms with Gasteiger partial charge in [0, 0.05) is 180 Å². The van der Waals surface area contributed by atoms with Gasteiger partial charge in [-0.1, -0.05) is 195 Å². The lowest BCUT2D eigenvalue weighted by Crippen LogP contribution is -2.23. The molecule has 5 N–H and O–H groups in total. The molecule has 1 atom stereocenters. The van der Waals surface area contributed by atoms with E-state index >= 15 is 0 Å². The molecule has 0 saturated heterocycles. The van der Waals surface area contributed by atoms with Crippen molar-refractivity contribution >= 4 is 61.1 Å². The number of fused-ring (bicyclic) bond motifs is 12. The highest BCUT2D eigenvalue weighted by Crippen LogP contribution is 2.34. The minimum Gasteiger partial charge on any atom is -0.376 e. The van der Waals surface area contributed by atoms with Crippen LogP contribution in [0.25, 0.3) is 27.6 Å². The standard InChI is InChI=1S/2C10H16N2.C10H13N2.C10H12N2.C10H16N2.C10H12N2.2C10H16N2.C10H12N2.C9H14N2O2S.C9H14N2O.C9H14N2S/c1-8(2)9-7-12-6-4-3-5-10(12)11-9;3*1-8(2)9-7-11-10-5-3-4-6-12(9)10;1-8(2)9-7-11-12-6-4-3-5-10(9)12;1-8(2)12-7-11-9-5-3-4-6-10(9)12;1-8(2)10-7-9-5-3-4-6-12(9)11-10;2*1-7(2)10-8-5-3-4-6-9(8)11-12-10;1-6(2)9-7-5-14(12,13)4-3-8(7)10-11-9;2*1-6(2)9-7-5-12-4-3-8(7)10-11-9/h2*7-8H,3-6H2,1-2H3;3-8,10H,1-2H3;3-8H,1-2H3;7-8H,3-6H2,1-2H3;3-8H,1-2H3;7-8H,3-6H2,1-2H3;7H,3-6H2,1-2H3,(H,11,12);3-7H,1-2H3,(H,11,12);6H,3-5H2,1-2H3,(H,10,11);2*6H,3-5H2,1-2H3,(H,10,11)/q;;+1;;;;;;;;;. The zero-order valence-corrected chi connectivity index (χ0v) is 94.0. The maximum atomic E-state index is 11.4. The number of nitrogens with zero attached hydrogens (tertiary/aromatic N) is 19. The van der Waals surface area contributed by atoms with E-state index in [1.807, 2.05) is 123 Å². The van der Waals surface area contributed by atoms with Gasteiger partial charge < -0.3 is 22.8 Å². The number of benzene rings is 2. The Balaban J connectivity index is 0.000000133. The summed E-state index contributed by atoms with van der Waals surface area (Å²) >= 11 is 2.01. The molecule has 0 amide bonds. The first kappa shape index (κ1) is 112. The molecule has 0 spiro atoms. The number of allylic oxidation sites excluding steroid dienone is 2. The predicted molar refractivity (Wildman–Crippen MR) is 599 cm³/mol. The number of rotatable bonds is 12. The highest BCUT2D eigenvalue weighted by atomic mass is 32.2. The zero-order valence-electron chi connectivity index (χ0n) is 92.3. The van der Waals surface area contributed by atoms with Crippen LogP contribution in [0.4, 0.5) is 0 Å². The van der Waals surface area contributed by atoms with E-state index in [2.05, 4.69) is 313 Å². The van der Waals surface area contributed by atoms with Crippen molar-refractivity contribution in [1.29, 1.82) is 0 Å². The van der Waals surface area contributed by atoms with Crippen LogP contribution in [0.2, 0.25) is 0 Å². The Morgan fingerprint density at radius 2 is 1.08 bits per heavy atom. The average Bonchev–Trinajstić information content (AvgIpc) is 1.64. The van der Waals surface area contributed by atoms with E-state index in [9.17, 15) is 8.42 Å². The molecule has 14 aromatic rings. The van der Waals surface area contributed by atoms with E-state index in [0.29, 0.717) is 71.6 Å². The number of nitrogens with one attached hydrogen (secondary N) is 5. The van der Waals surface area contributed by atoms with Crippen molar-refractivity contribution < 1.29 is 17.7 Å². The maximum absolute atomic E-state index is 11.4. The summed E-state index contributed by atoms with van der Waals surface area (Å²) in [6.07, 6.45) is 45.9. The van der Waals surface area contributed by atoms with Crippen molar-refractivity contribution in [3.05, 3.63) is 259 Å². The quantitative estimate of drug-likeness (QED) is 0.0710. The molecule has 21 heterocycles. The third-order valence-electron chi connectivity index (χ3n) is 28.3.